The van der Waals surface area contributed by atoms with Crippen molar-refractivity contribution in [2.75, 3.05) is 7.11 Å². The Kier molecular flexibility index (Phi) is 9.72. The Bertz CT molecular complexity index is 420. The van der Waals surface area contributed by atoms with Gasteiger partial charge in [-0.15, -0.1) is 0 Å². The van der Waals surface area contributed by atoms with E-state index in [0.717, 1.165) is 5.56 Å². The van der Waals surface area contributed by atoms with Crippen molar-refractivity contribution in [2.45, 2.75) is 72.6 Å². The van der Waals surface area contributed by atoms with E-state index in [1.807, 2.05) is 17.4 Å². The van der Waals surface area contributed by atoms with Crippen molar-refractivity contribution < 1.29 is 9.53 Å². The Morgan fingerprint density at radius 2 is 1.55 bits per heavy atom. The number of hydrogen-bond acceptors (Lipinski definition) is 3. The predicted molar refractivity (Wildman–Crippen MR) is 100 cm³/mol. The van der Waals surface area contributed by atoms with Gasteiger partial charge in [0, 0.05) is 0 Å². The van der Waals surface area contributed by atoms with Crippen molar-refractivity contribution in [1.29, 1.82) is 0 Å². The van der Waals surface area contributed by atoms with E-state index in [1.54, 1.807) is 0 Å². The van der Waals surface area contributed by atoms with Crippen LogP contribution < -0.4 is 2.89 Å². The zero-order chi connectivity index (χ0) is 16.4. The third-order valence-corrected chi connectivity index (χ3v) is 24.0. The fourth-order valence-electron chi connectivity index (χ4n) is 3.25. The summed E-state index contributed by atoms with van der Waals surface area (Å²) in [6.07, 6.45) is 7.74. The Hall–Kier alpha value is -0.0313. The molecule has 0 aliphatic carbocycles. The molecule has 0 aromatic carbocycles. The van der Waals surface area contributed by atoms with Crippen LogP contribution in [0.5, 0.6) is 0 Å². The van der Waals surface area contributed by atoms with Crippen molar-refractivity contribution in [3.63, 3.8) is 0 Å². The van der Waals surface area contributed by atoms with Crippen molar-refractivity contribution in [3.8, 4) is 0 Å². The van der Waals surface area contributed by atoms with Crippen LogP contribution >= 0.6 is 11.3 Å². The molecule has 0 N–H and O–H groups in total. The molecule has 0 saturated heterocycles. The Morgan fingerprint density at radius 1 is 1.05 bits per heavy atom. The van der Waals surface area contributed by atoms with E-state index >= 15 is 0 Å². The molecule has 0 aliphatic heterocycles. The predicted octanol–water partition coefficient (Wildman–Crippen LogP) is 5.59. The molecule has 4 heteroatoms. The molecule has 1 heterocycles. The number of carbonyl (C=O) groups is 1. The number of methoxy groups -OCH3 is 1. The SMILES string of the molecule is CCC[CH2][Sn]([CH2]CCC)([CH2]CCC)[c]1sccc1C(=O)OC. The van der Waals surface area contributed by atoms with Crippen molar-refractivity contribution in [3.05, 3.63) is 17.0 Å². The molecule has 0 unspecified atom stereocenters. The van der Waals surface area contributed by atoms with Gasteiger partial charge in [-0.05, 0) is 0 Å². The van der Waals surface area contributed by atoms with E-state index in [4.69, 9.17) is 4.74 Å². The average molecular weight is 431 g/mol. The second-order valence-electron chi connectivity index (χ2n) is 6.25. The molecule has 126 valence electrons. The van der Waals surface area contributed by atoms with Gasteiger partial charge in [0.25, 0.3) is 0 Å². The number of ether oxygens (including phenoxy) is 1. The van der Waals surface area contributed by atoms with Gasteiger partial charge in [-0.25, -0.2) is 0 Å². The van der Waals surface area contributed by atoms with Crippen molar-refractivity contribution >= 4 is 38.6 Å². The maximum atomic E-state index is 12.2. The van der Waals surface area contributed by atoms with E-state index in [9.17, 15) is 4.79 Å². The first-order valence-electron chi connectivity index (χ1n) is 8.81. The normalized spacial score (nSPS) is 11.6. The standard InChI is InChI=1S/C6H5O2S.3C4H9.Sn/c1-8-6(7)5-2-3-9-4-5;3*1-3-4-2;/h2-3H,1H3;3*1,3-4H2,2H3;. The van der Waals surface area contributed by atoms with Crippen LogP contribution in [-0.2, 0) is 4.74 Å². The molecule has 2 nitrogen and oxygen atoms in total. The molecular weight excluding hydrogens is 399 g/mol. The van der Waals surface area contributed by atoms with Crippen molar-refractivity contribution in [2.24, 2.45) is 0 Å². The molecule has 0 spiro atoms. The van der Waals surface area contributed by atoms with Gasteiger partial charge < -0.3 is 0 Å². The second kappa shape index (κ2) is 10.7. The molecule has 0 saturated carbocycles. The zero-order valence-corrected chi connectivity index (χ0v) is 18.4. The van der Waals surface area contributed by atoms with E-state index in [-0.39, 0.29) is 5.97 Å². The van der Waals surface area contributed by atoms with Crippen molar-refractivity contribution in [1.82, 2.24) is 0 Å². The van der Waals surface area contributed by atoms with Crippen LogP contribution in [0.25, 0.3) is 0 Å². The number of unbranched alkanes of at least 4 members (excludes halogenated alkanes) is 3. The maximum absolute atomic E-state index is 12.2. The van der Waals surface area contributed by atoms with Gasteiger partial charge in [0.15, 0.2) is 0 Å². The molecule has 0 bridgehead atoms. The third-order valence-electron chi connectivity index (χ3n) is 4.58. The average Bonchev–Trinajstić information content (AvgIpc) is 3.04. The minimum atomic E-state index is -2.49. The molecule has 1 aromatic heterocycles. The second-order valence-corrected chi connectivity index (χ2v) is 21.2. The Labute approximate surface area is 144 Å². The Morgan fingerprint density at radius 3 is 1.95 bits per heavy atom. The first-order valence-corrected chi connectivity index (χ1v) is 17.2. The molecule has 0 aliphatic rings. The molecular formula is C18H32O2SSn. The van der Waals surface area contributed by atoms with Gasteiger partial charge >= 0.3 is 145 Å². The van der Waals surface area contributed by atoms with Gasteiger partial charge in [0.2, 0.25) is 0 Å². The summed E-state index contributed by atoms with van der Waals surface area (Å²) in [4.78, 5) is 12.2. The summed E-state index contributed by atoms with van der Waals surface area (Å²) in [5.41, 5.74) is 0.895. The third kappa shape index (κ3) is 5.26. The quantitative estimate of drug-likeness (QED) is 0.337. The summed E-state index contributed by atoms with van der Waals surface area (Å²) in [6.45, 7) is 6.85. The molecule has 22 heavy (non-hydrogen) atoms. The first-order chi connectivity index (χ1) is 10.6. The summed E-state index contributed by atoms with van der Waals surface area (Å²) >= 11 is -0.643. The monoisotopic (exact) mass is 432 g/mol. The number of rotatable bonds is 11. The van der Waals surface area contributed by atoms with E-state index in [2.05, 4.69) is 26.2 Å². The zero-order valence-electron chi connectivity index (χ0n) is 14.7. The number of esters is 1. The summed E-state index contributed by atoms with van der Waals surface area (Å²) < 4.78 is 10.7. The minimum absolute atomic E-state index is 0.123. The Balaban J connectivity index is 3.19. The summed E-state index contributed by atoms with van der Waals surface area (Å²) in [5, 5.41) is 2.11. The van der Waals surface area contributed by atoms with Crippen LogP contribution in [0.2, 0.25) is 13.3 Å². The molecule has 0 atom stereocenters. The topological polar surface area (TPSA) is 26.3 Å². The number of hydrogen-bond donors (Lipinski definition) is 0. The van der Waals surface area contributed by atoms with E-state index < -0.39 is 18.4 Å². The van der Waals surface area contributed by atoms with Gasteiger partial charge in [0.05, 0.1) is 0 Å². The summed E-state index contributed by atoms with van der Waals surface area (Å²) in [5.74, 6) is -0.123. The molecule has 0 fully saturated rings. The molecule has 1 aromatic rings. The van der Waals surface area contributed by atoms with Gasteiger partial charge in [0.1, 0.15) is 0 Å². The van der Waals surface area contributed by atoms with Gasteiger partial charge in [-0.1, -0.05) is 0 Å². The van der Waals surface area contributed by atoms with Gasteiger partial charge in [-0.2, -0.15) is 0 Å². The van der Waals surface area contributed by atoms with E-state index in [0.29, 0.717) is 0 Å². The number of carbonyl (C=O) groups excluding carboxylic acids is 1. The fraction of sp³-hybridized carbons (Fsp3) is 0.722. The molecule has 0 amide bonds. The molecule has 0 radical (unpaired) electrons. The van der Waals surface area contributed by atoms with Gasteiger partial charge in [-0.3, -0.25) is 0 Å². The molecule has 1 rings (SSSR count). The number of thiophene rings is 1. The summed E-state index contributed by atoms with van der Waals surface area (Å²) in [7, 11) is 1.51. The van der Waals surface area contributed by atoms with Crippen LogP contribution in [0.1, 0.15) is 69.7 Å². The van der Waals surface area contributed by atoms with Crippen LogP contribution in [0.15, 0.2) is 11.4 Å². The van der Waals surface area contributed by atoms with E-state index in [1.165, 1.54) is 61.8 Å². The van der Waals surface area contributed by atoms with Crippen LogP contribution in [0.3, 0.4) is 0 Å². The summed E-state index contributed by atoms with van der Waals surface area (Å²) in [6, 6.07) is 2.00. The van der Waals surface area contributed by atoms with Crippen LogP contribution in [-0.4, -0.2) is 31.5 Å². The van der Waals surface area contributed by atoms with Crippen LogP contribution in [0.4, 0.5) is 0 Å². The van der Waals surface area contributed by atoms with Crippen LogP contribution in [0, 0.1) is 0 Å². The first kappa shape index (κ1) is 20.0. The fourth-order valence-corrected chi connectivity index (χ4v) is 24.0.